The average molecular weight is 202 g/mol. The fraction of sp³-hybridized carbons (Fsp3) is 0.778. The fourth-order valence-corrected chi connectivity index (χ4v) is 1.04. The molecule has 4 N–H and O–H groups in total. The van der Waals surface area contributed by atoms with Crippen molar-refractivity contribution in [2.75, 3.05) is 13.1 Å². The van der Waals surface area contributed by atoms with Gasteiger partial charge in [0, 0.05) is 12.8 Å². The van der Waals surface area contributed by atoms with Crippen LogP contribution in [0.15, 0.2) is 0 Å². The van der Waals surface area contributed by atoms with Crippen LogP contribution in [-0.4, -0.2) is 30.1 Å². The molecular formula is C9H18N2O3. The van der Waals surface area contributed by atoms with E-state index in [0.717, 1.165) is 25.9 Å². The standard InChI is InChI=1S/C9H18N2O3/c10-8(12)4-3-7-11-6-2-1-5-9(13)14/h11H,1-7H2,(H2,10,12)(H,13,14). The third kappa shape index (κ3) is 10.9. The summed E-state index contributed by atoms with van der Waals surface area (Å²) in [6.45, 7) is 1.56. The van der Waals surface area contributed by atoms with E-state index in [9.17, 15) is 9.59 Å². The van der Waals surface area contributed by atoms with Crippen LogP contribution in [0.25, 0.3) is 0 Å². The second kappa shape index (κ2) is 8.50. The first-order valence-corrected chi connectivity index (χ1v) is 4.83. The quantitative estimate of drug-likeness (QED) is 0.462. The minimum atomic E-state index is -0.751. The first-order chi connectivity index (χ1) is 6.63. The molecule has 0 heterocycles. The molecule has 1 amide bonds. The van der Waals surface area contributed by atoms with Crippen molar-refractivity contribution >= 4 is 11.9 Å². The molecule has 0 atom stereocenters. The highest BCUT2D eigenvalue weighted by atomic mass is 16.4. The Morgan fingerprint density at radius 1 is 1.07 bits per heavy atom. The largest absolute Gasteiger partial charge is 0.481 e. The predicted octanol–water partition coefficient (Wildman–Crippen LogP) is 0.0964. The Kier molecular flexibility index (Phi) is 7.83. The van der Waals surface area contributed by atoms with E-state index >= 15 is 0 Å². The number of carbonyl (C=O) groups is 2. The molecule has 0 aromatic carbocycles. The number of hydrogen-bond donors (Lipinski definition) is 3. The third-order valence-corrected chi connectivity index (χ3v) is 1.77. The summed E-state index contributed by atoms with van der Waals surface area (Å²) < 4.78 is 0. The van der Waals surface area contributed by atoms with Crippen LogP contribution in [0.3, 0.4) is 0 Å². The lowest BCUT2D eigenvalue weighted by molar-refractivity contribution is -0.137. The fourth-order valence-electron chi connectivity index (χ4n) is 1.04. The first kappa shape index (κ1) is 12.9. The number of carboxylic acids is 1. The zero-order valence-electron chi connectivity index (χ0n) is 8.29. The van der Waals surface area contributed by atoms with Gasteiger partial charge >= 0.3 is 5.97 Å². The highest BCUT2D eigenvalue weighted by Gasteiger charge is 1.96. The summed E-state index contributed by atoms with van der Waals surface area (Å²) in [5.41, 5.74) is 4.96. The molecule has 0 aromatic heterocycles. The minimum absolute atomic E-state index is 0.225. The molecule has 0 aliphatic carbocycles. The van der Waals surface area contributed by atoms with Gasteiger partial charge in [-0.25, -0.2) is 0 Å². The summed E-state index contributed by atoms with van der Waals surface area (Å²) in [7, 11) is 0. The first-order valence-electron chi connectivity index (χ1n) is 4.83. The SMILES string of the molecule is NC(=O)CCCNCCCCC(=O)O. The van der Waals surface area contributed by atoms with Crippen LogP contribution in [-0.2, 0) is 9.59 Å². The summed E-state index contributed by atoms with van der Waals surface area (Å²) >= 11 is 0. The lowest BCUT2D eigenvalue weighted by Gasteiger charge is -2.02. The van der Waals surface area contributed by atoms with E-state index in [1.54, 1.807) is 0 Å². The van der Waals surface area contributed by atoms with Crippen molar-refractivity contribution in [3.8, 4) is 0 Å². The van der Waals surface area contributed by atoms with Gasteiger partial charge in [0.25, 0.3) is 0 Å². The number of aliphatic carboxylic acids is 1. The highest BCUT2D eigenvalue weighted by molar-refractivity contribution is 5.73. The topological polar surface area (TPSA) is 92.4 Å². The molecule has 0 aliphatic heterocycles. The Balaban J connectivity index is 2.99. The van der Waals surface area contributed by atoms with Crippen LogP contribution in [0.1, 0.15) is 32.1 Å². The van der Waals surface area contributed by atoms with E-state index in [1.165, 1.54) is 0 Å². The van der Waals surface area contributed by atoms with Crippen molar-refractivity contribution < 1.29 is 14.7 Å². The maximum absolute atomic E-state index is 10.3. The molecule has 0 aliphatic rings. The van der Waals surface area contributed by atoms with E-state index in [0.29, 0.717) is 12.8 Å². The van der Waals surface area contributed by atoms with Gasteiger partial charge in [-0.05, 0) is 32.4 Å². The van der Waals surface area contributed by atoms with E-state index in [-0.39, 0.29) is 12.3 Å². The smallest absolute Gasteiger partial charge is 0.303 e. The number of nitrogens with two attached hydrogens (primary N) is 1. The molecule has 82 valence electrons. The van der Waals surface area contributed by atoms with Gasteiger partial charge in [-0.3, -0.25) is 9.59 Å². The van der Waals surface area contributed by atoms with Gasteiger partial charge in [-0.2, -0.15) is 0 Å². The number of rotatable bonds is 9. The maximum atomic E-state index is 10.3. The average Bonchev–Trinajstić information content (AvgIpc) is 2.08. The summed E-state index contributed by atoms with van der Waals surface area (Å²) in [6, 6.07) is 0. The number of nitrogens with one attached hydrogen (secondary N) is 1. The van der Waals surface area contributed by atoms with Crippen LogP contribution in [0.5, 0.6) is 0 Å². The van der Waals surface area contributed by atoms with Gasteiger partial charge in [0.15, 0.2) is 0 Å². The minimum Gasteiger partial charge on any atom is -0.481 e. The Labute approximate surface area is 83.7 Å². The van der Waals surface area contributed by atoms with Crippen molar-refractivity contribution in [1.29, 1.82) is 0 Å². The highest BCUT2D eigenvalue weighted by Crippen LogP contribution is 1.93. The van der Waals surface area contributed by atoms with Crippen molar-refractivity contribution in [2.24, 2.45) is 5.73 Å². The van der Waals surface area contributed by atoms with Crippen LogP contribution in [0.4, 0.5) is 0 Å². The van der Waals surface area contributed by atoms with Crippen molar-refractivity contribution in [3.05, 3.63) is 0 Å². The molecule has 0 rings (SSSR count). The molecular weight excluding hydrogens is 184 g/mol. The zero-order chi connectivity index (χ0) is 10.8. The van der Waals surface area contributed by atoms with E-state index < -0.39 is 5.97 Å². The molecule has 5 heteroatoms. The summed E-state index contributed by atoms with van der Waals surface area (Å²) in [6.07, 6.45) is 2.92. The zero-order valence-corrected chi connectivity index (χ0v) is 8.29. The van der Waals surface area contributed by atoms with Gasteiger partial charge in [-0.15, -0.1) is 0 Å². The Hall–Kier alpha value is -1.10. The van der Waals surface area contributed by atoms with Gasteiger partial charge in [0.05, 0.1) is 0 Å². The van der Waals surface area contributed by atoms with E-state index in [1.807, 2.05) is 0 Å². The normalized spacial score (nSPS) is 10.0. The van der Waals surface area contributed by atoms with Gasteiger partial charge < -0.3 is 16.2 Å². The Morgan fingerprint density at radius 2 is 1.71 bits per heavy atom. The molecule has 0 radical (unpaired) electrons. The van der Waals surface area contributed by atoms with Crippen LogP contribution < -0.4 is 11.1 Å². The summed E-state index contributed by atoms with van der Waals surface area (Å²) in [5, 5.41) is 11.5. The molecule has 0 aromatic rings. The number of primary amides is 1. The van der Waals surface area contributed by atoms with Crippen LogP contribution in [0.2, 0.25) is 0 Å². The van der Waals surface area contributed by atoms with Crippen molar-refractivity contribution in [1.82, 2.24) is 5.32 Å². The second-order valence-electron chi connectivity index (χ2n) is 3.17. The molecule has 5 nitrogen and oxygen atoms in total. The molecule has 0 saturated heterocycles. The molecule has 0 bridgehead atoms. The lowest BCUT2D eigenvalue weighted by atomic mass is 10.2. The summed E-state index contributed by atoms with van der Waals surface area (Å²) in [4.78, 5) is 20.5. The van der Waals surface area contributed by atoms with E-state index in [4.69, 9.17) is 10.8 Å². The number of carboxylic acid groups (broad SMARTS) is 1. The van der Waals surface area contributed by atoms with Crippen LogP contribution >= 0.6 is 0 Å². The summed E-state index contributed by atoms with van der Waals surface area (Å²) in [5.74, 6) is -1.03. The molecule has 14 heavy (non-hydrogen) atoms. The third-order valence-electron chi connectivity index (χ3n) is 1.77. The number of unbranched alkanes of at least 4 members (excludes halogenated alkanes) is 1. The molecule has 0 unspecified atom stereocenters. The van der Waals surface area contributed by atoms with Crippen molar-refractivity contribution in [2.45, 2.75) is 32.1 Å². The van der Waals surface area contributed by atoms with Gasteiger partial charge in [0.1, 0.15) is 0 Å². The Morgan fingerprint density at radius 3 is 2.29 bits per heavy atom. The van der Waals surface area contributed by atoms with Gasteiger partial charge in [0.2, 0.25) is 5.91 Å². The number of carbonyl (C=O) groups excluding carboxylic acids is 1. The lowest BCUT2D eigenvalue weighted by Crippen LogP contribution is -2.19. The van der Waals surface area contributed by atoms with E-state index in [2.05, 4.69) is 5.32 Å². The molecule has 0 saturated carbocycles. The van der Waals surface area contributed by atoms with Crippen molar-refractivity contribution in [3.63, 3.8) is 0 Å². The monoisotopic (exact) mass is 202 g/mol. The molecule has 0 fully saturated rings. The van der Waals surface area contributed by atoms with Crippen LogP contribution in [0, 0.1) is 0 Å². The predicted molar refractivity (Wildman–Crippen MR) is 52.8 cm³/mol. The second-order valence-corrected chi connectivity index (χ2v) is 3.17. The maximum Gasteiger partial charge on any atom is 0.303 e. The number of amides is 1. The van der Waals surface area contributed by atoms with Gasteiger partial charge in [-0.1, -0.05) is 0 Å². The molecule has 0 spiro atoms. The Bertz CT molecular complexity index is 163. The number of hydrogen-bond acceptors (Lipinski definition) is 3.